The predicted molar refractivity (Wildman–Crippen MR) is 61.8 cm³/mol. The summed E-state index contributed by atoms with van der Waals surface area (Å²) >= 11 is 5.12. The third-order valence-electron chi connectivity index (χ3n) is 2.46. The number of alkyl halides is 1. The molecule has 0 saturated heterocycles. The van der Waals surface area contributed by atoms with Crippen LogP contribution in [-0.2, 0) is 17.8 Å². The molecule has 14 heavy (non-hydrogen) atoms. The molecular formula is C10H12BrNOS. The zero-order valence-corrected chi connectivity index (χ0v) is 10.4. The van der Waals surface area contributed by atoms with Crippen molar-refractivity contribution >= 4 is 33.2 Å². The van der Waals surface area contributed by atoms with E-state index in [1.54, 1.807) is 11.3 Å². The van der Waals surface area contributed by atoms with Crippen LogP contribution in [-0.4, -0.2) is 22.2 Å². The molecule has 2 nitrogen and oxygen atoms in total. The second-order valence-corrected chi connectivity index (χ2v) is 5.87. The first-order valence-electron chi connectivity index (χ1n) is 4.66. The van der Waals surface area contributed by atoms with Gasteiger partial charge in [0.25, 0.3) is 0 Å². The number of fused-ring (bicyclic) bond motifs is 1. The van der Waals surface area contributed by atoms with E-state index in [1.165, 1.54) is 10.4 Å². The number of halogens is 1. The molecule has 0 radical (unpaired) electrons. The molecule has 2 rings (SSSR count). The molecule has 2 heterocycles. The summed E-state index contributed by atoms with van der Waals surface area (Å²) in [6, 6.07) is 2.12. The fourth-order valence-corrected chi connectivity index (χ4v) is 2.87. The minimum Gasteiger partial charge on any atom is -0.337 e. The van der Waals surface area contributed by atoms with Crippen LogP contribution in [0.25, 0.3) is 0 Å². The zero-order valence-electron chi connectivity index (χ0n) is 8.00. The van der Waals surface area contributed by atoms with E-state index < -0.39 is 0 Å². The van der Waals surface area contributed by atoms with Crippen molar-refractivity contribution in [2.75, 3.05) is 6.54 Å². The fourth-order valence-electron chi connectivity index (χ4n) is 1.69. The summed E-state index contributed by atoms with van der Waals surface area (Å²) in [5.74, 6) is 0.196. The summed E-state index contributed by atoms with van der Waals surface area (Å²) < 4.78 is 0. The van der Waals surface area contributed by atoms with Crippen LogP contribution in [0.15, 0.2) is 11.4 Å². The Morgan fingerprint density at radius 3 is 3.21 bits per heavy atom. The van der Waals surface area contributed by atoms with E-state index in [0.717, 1.165) is 19.5 Å². The summed E-state index contributed by atoms with van der Waals surface area (Å²) in [5, 5.41) is 2.11. The third kappa shape index (κ3) is 1.86. The molecule has 0 bridgehead atoms. The Balaban J connectivity index is 2.11. The number of rotatable bonds is 1. The van der Waals surface area contributed by atoms with E-state index in [0.29, 0.717) is 0 Å². The quantitative estimate of drug-likeness (QED) is 0.720. The van der Waals surface area contributed by atoms with Gasteiger partial charge in [0.1, 0.15) is 0 Å². The van der Waals surface area contributed by atoms with Crippen molar-refractivity contribution in [3.8, 4) is 0 Å². The first-order chi connectivity index (χ1) is 6.68. The van der Waals surface area contributed by atoms with Gasteiger partial charge in [0.2, 0.25) is 5.91 Å². The van der Waals surface area contributed by atoms with Gasteiger partial charge in [-0.15, -0.1) is 11.3 Å². The lowest BCUT2D eigenvalue weighted by Gasteiger charge is -2.27. The summed E-state index contributed by atoms with van der Waals surface area (Å²) in [4.78, 5) is 15.0. The number of hydrogen-bond acceptors (Lipinski definition) is 2. The molecular weight excluding hydrogens is 262 g/mol. The molecule has 1 atom stereocenters. The van der Waals surface area contributed by atoms with E-state index >= 15 is 0 Å². The minimum atomic E-state index is -0.0670. The van der Waals surface area contributed by atoms with Crippen LogP contribution in [0.2, 0.25) is 0 Å². The van der Waals surface area contributed by atoms with Crippen molar-refractivity contribution in [3.05, 3.63) is 21.9 Å². The average Bonchev–Trinajstić information content (AvgIpc) is 2.62. The number of thiophene rings is 1. The molecule has 76 valence electrons. The Morgan fingerprint density at radius 1 is 1.71 bits per heavy atom. The Labute approximate surface area is 96.0 Å². The van der Waals surface area contributed by atoms with Crippen molar-refractivity contribution < 1.29 is 4.79 Å². The third-order valence-corrected chi connectivity index (χ3v) is 3.87. The van der Waals surface area contributed by atoms with Crippen LogP contribution in [0, 0.1) is 0 Å². The molecule has 1 aliphatic rings. The van der Waals surface area contributed by atoms with Gasteiger partial charge in [0.05, 0.1) is 4.83 Å². The Kier molecular flexibility index (Phi) is 2.93. The van der Waals surface area contributed by atoms with E-state index in [9.17, 15) is 4.79 Å². The van der Waals surface area contributed by atoms with Gasteiger partial charge >= 0.3 is 0 Å². The zero-order chi connectivity index (χ0) is 10.1. The van der Waals surface area contributed by atoms with Crippen LogP contribution in [0.4, 0.5) is 0 Å². The predicted octanol–water partition coefficient (Wildman–Crippen LogP) is 2.42. The molecule has 0 saturated carbocycles. The SMILES string of the molecule is CC(Br)C(=O)N1CCc2sccc2C1. The van der Waals surface area contributed by atoms with E-state index in [2.05, 4.69) is 27.4 Å². The maximum Gasteiger partial charge on any atom is 0.236 e. The van der Waals surface area contributed by atoms with Gasteiger partial charge in [-0.05, 0) is 30.4 Å². The summed E-state index contributed by atoms with van der Waals surface area (Å²) in [6.07, 6.45) is 1.01. The highest BCUT2D eigenvalue weighted by molar-refractivity contribution is 9.10. The maximum atomic E-state index is 11.7. The van der Waals surface area contributed by atoms with Gasteiger partial charge in [-0.3, -0.25) is 4.79 Å². The van der Waals surface area contributed by atoms with E-state index in [4.69, 9.17) is 0 Å². The molecule has 0 fully saturated rings. The van der Waals surface area contributed by atoms with Crippen molar-refractivity contribution in [2.24, 2.45) is 0 Å². The Morgan fingerprint density at radius 2 is 2.50 bits per heavy atom. The summed E-state index contributed by atoms with van der Waals surface area (Å²) in [6.45, 7) is 3.53. The highest BCUT2D eigenvalue weighted by atomic mass is 79.9. The summed E-state index contributed by atoms with van der Waals surface area (Å²) in [7, 11) is 0. The fraction of sp³-hybridized carbons (Fsp3) is 0.500. The van der Waals surface area contributed by atoms with Gasteiger partial charge in [0, 0.05) is 18.0 Å². The maximum absolute atomic E-state index is 11.7. The molecule has 1 aromatic rings. The highest BCUT2D eigenvalue weighted by Gasteiger charge is 2.23. The van der Waals surface area contributed by atoms with E-state index in [1.807, 2.05) is 11.8 Å². The van der Waals surface area contributed by atoms with Crippen molar-refractivity contribution in [3.63, 3.8) is 0 Å². The lowest BCUT2D eigenvalue weighted by molar-refractivity contribution is -0.131. The molecule has 0 aliphatic carbocycles. The van der Waals surface area contributed by atoms with Crippen LogP contribution >= 0.6 is 27.3 Å². The number of carbonyl (C=O) groups is 1. The average molecular weight is 274 g/mol. The lowest BCUT2D eigenvalue weighted by Crippen LogP contribution is -2.38. The smallest absolute Gasteiger partial charge is 0.236 e. The van der Waals surface area contributed by atoms with Crippen molar-refractivity contribution in [2.45, 2.75) is 24.7 Å². The molecule has 0 spiro atoms. The molecule has 1 unspecified atom stereocenters. The minimum absolute atomic E-state index is 0.0670. The van der Waals surface area contributed by atoms with E-state index in [-0.39, 0.29) is 10.7 Å². The molecule has 1 aromatic heterocycles. The molecule has 4 heteroatoms. The molecule has 1 amide bonds. The van der Waals surface area contributed by atoms with Crippen LogP contribution in [0.1, 0.15) is 17.4 Å². The topological polar surface area (TPSA) is 20.3 Å². The lowest BCUT2D eigenvalue weighted by atomic mass is 10.1. The van der Waals surface area contributed by atoms with Gasteiger partial charge < -0.3 is 4.90 Å². The number of hydrogen-bond donors (Lipinski definition) is 0. The molecule has 0 N–H and O–H groups in total. The van der Waals surface area contributed by atoms with Crippen LogP contribution in [0.5, 0.6) is 0 Å². The second-order valence-electron chi connectivity index (χ2n) is 3.49. The standard InChI is InChI=1S/C10H12BrNOS/c1-7(11)10(13)12-4-2-9-8(6-12)3-5-14-9/h3,5,7H,2,4,6H2,1H3. The number of carbonyl (C=O) groups excluding carboxylic acids is 1. The molecule has 0 aromatic carbocycles. The largest absolute Gasteiger partial charge is 0.337 e. The monoisotopic (exact) mass is 273 g/mol. The van der Waals surface area contributed by atoms with Crippen LogP contribution in [0.3, 0.4) is 0 Å². The van der Waals surface area contributed by atoms with Crippen LogP contribution < -0.4 is 0 Å². The number of nitrogens with zero attached hydrogens (tertiary/aromatic N) is 1. The second kappa shape index (κ2) is 4.03. The first kappa shape index (κ1) is 10.2. The summed E-state index contributed by atoms with van der Waals surface area (Å²) in [5.41, 5.74) is 1.32. The normalized spacial score (nSPS) is 17.7. The van der Waals surface area contributed by atoms with Gasteiger partial charge in [-0.1, -0.05) is 15.9 Å². The number of amides is 1. The van der Waals surface area contributed by atoms with Gasteiger partial charge in [-0.25, -0.2) is 0 Å². The Hall–Kier alpha value is -0.350. The molecule has 1 aliphatic heterocycles. The van der Waals surface area contributed by atoms with Crippen molar-refractivity contribution in [1.29, 1.82) is 0 Å². The van der Waals surface area contributed by atoms with Crippen molar-refractivity contribution in [1.82, 2.24) is 4.90 Å². The van der Waals surface area contributed by atoms with Gasteiger partial charge in [-0.2, -0.15) is 0 Å². The highest BCUT2D eigenvalue weighted by Crippen LogP contribution is 2.24. The van der Waals surface area contributed by atoms with Gasteiger partial charge in [0.15, 0.2) is 0 Å². The first-order valence-corrected chi connectivity index (χ1v) is 6.46. The Bertz CT molecular complexity index is 348.